The summed E-state index contributed by atoms with van der Waals surface area (Å²) in [6.07, 6.45) is 0.734. The first-order chi connectivity index (χ1) is 9.49. The highest BCUT2D eigenvalue weighted by Crippen LogP contribution is 2.38. The summed E-state index contributed by atoms with van der Waals surface area (Å²) in [7, 11) is 0. The van der Waals surface area contributed by atoms with Crippen LogP contribution in [-0.4, -0.2) is 29.1 Å². The van der Waals surface area contributed by atoms with Crippen LogP contribution < -0.4 is 0 Å². The van der Waals surface area contributed by atoms with E-state index >= 15 is 0 Å². The second-order valence-electron chi connectivity index (χ2n) is 5.95. The minimum Gasteiger partial charge on any atom is -0.481 e. The van der Waals surface area contributed by atoms with Gasteiger partial charge in [-0.2, -0.15) is 0 Å². The molecule has 0 radical (unpaired) electrons. The number of likely N-dealkylation sites (tertiary alicyclic amines) is 1. The van der Waals surface area contributed by atoms with Crippen LogP contribution in [0.25, 0.3) is 10.1 Å². The Morgan fingerprint density at radius 2 is 2.20 bits per heavy atom. The molecule has 2 heterocycles. The van der Waals surface area contributed by atoms with Crippen LogP contribution in [0.3, 0.4) is 0 Å². The van der Waals surface area contributed by atoms with Gasteiger partial charge in [0, 0.05) is 22.2 Å². The Kier molecular flexibility index (Phi) is 3.30. The maximum absolute atomic E-state index is 11.3. The monoisotopic (exact) mass is 289 g/mol. The molecule has 1 fully saturated rings. The number of hydrogen-bond donors (Lipinski definition) is 1. The molecule has 1 N–H and O–H groups in total. The number of fused-ring (bicyclic) bond motifs is 1. The maximum atomic E-state index is 11.3. The van der Waals surface area contributed by atoms with Gasteiger partial charge < -0.3 is 5.11 Å². The second-order valence-corrected chi connectivity index (χ2v) is 7.06. The van der Waals surface area contributed by atoms with Crippen LogP contribution in [0.1, 0.15) is 31.2 Å². The number of hydrogen-bond acceptors (Lipinski definition) is 3. The van der Waals surface area contributed by atoms with Crippen molar-refractivity contribution in [1.82, 2.24) is 4.90 Å². The van der Waals surface area contributed by atoms with Gasteiger partial charge in [0.1, 0.15) is 0 Å². The van der Waals surface area contributed by atoms with Crippen molar-refractivity contribution in [2.45, 2.75) is 26.3 Å². The Morgan fingerprint density at radius 3 is 2.85 bits per heavy atom. The largest absolute Gasteiger partial charge is 0.481 e. The lowest BCUT2D eigenvalue weighted by Crippen LogP contribution is -2.32. The lowest BCUT2D eigenvalue weighted by Gasteiger charge is -2.25. The molecule has 1 aliphatic rings. The highest BCUT2D eigenvalue weighted by Gasteiger charge is 2.42. The van der Waals surface area contributed by atoms with Gasteiger partial charge in [0.25, 0.3) is 0 Å². The highest BCUT2D eigenvalue weighted by atomic mass is 32.1. The fraction of sp³-hybridized carbons (Fsp3) is 0.438. The predicted octanol–water partition coefficient (Wildman–Crippen LogP) is 3.76. The molecule has 2 atom stereocenters. The minimum atomic E-state index is -0.677. The van der Waals surface area contributed by atoms with Gasteiger partial charge in [0.15, 0.2) is 0 Å². The fourth-order valence-electron chi connectivity index (χ4n) is 2.89. The number of carbonyl (C=O) groups is 1. The van der Waals surface area contributed by atoms with Crippen LogP contribution in [0.4, 0.5) is 0 Å². The molecule has 2 aromatic rings. The van der Waals surface area contributed by atoms with Gasteiger partial charge in [-0.3, -0.25) is 9.69 Å². The third kappa shape index (κ3) is 2.23. The summed E-state index contributed by atoms with van der Waals surface area (Å²) < 4.78 is 1.30. The Hall–Kier alpha value is -1.39. The average molecular weight is 289 g/mol. The number of aliphatic carboxylic acids is 1. The summed E-state index contributed by atoms with van der Waals surface area (Å²) in [5, 5.41) is 10.6. The SMILES string of the molecule is CC(c1cc2ccccc2s1)N1CCC(C)(C(=O)O)C1. The molecule has 2 unspecified atom stereocenters. The first-order valence-corrected chi connectivity index (χ1v) is 7.77. The van der Waals surface area contributed by atoms with Crippen LogP contribution in [-0.2, 0) is 4.79 Å². The molecule has 0 amide bonds. The van der Waals surface area contributed by atoms with Crippen molar-refractivity contribution < 1.29 is 9.90 Å². The molecule has 1 saturated heterocycles. The molecule has 0 saturated carbocycles. The van der Waals surface area contributed by atoms with Crippen molar-refractivity contribution in [3.05, 3.63) is 35.2 Å². The van der Waals surface area contributed by atoms with Crippen LogP contribution in [0.5, 0.6) is 0 Å². The van der Waals surface area contributed by atoms with E-state index < -0.39 is 11.4 Å². The molecule has 0 spiro atoms. The number of rotatable bonds is 3. The van der Waals surface area contributed by atoms with Gasteiger partial charge in [-0.25, -0.2) is 0 Å². The molecule has 1 aromatic carbocycles. The minimum absolute atomic E-state index is 0.286. The lowest BCUT2D eigenvalue weighted by atomic mass is 9.90. The van der Waals surface area contributed by atoms with Crippen molar-refractivity contribution in [2.75, 3.05) is 13.1 Å². The van der Waals surface area contributed by atoms with Crippen molar-refractivity contribution in [2.24, 2.45) is 5.41 Å². The standard InChI is InChI=1S/C16H19NO2S/c1-11(17-8-7-16(2,10-17)15(18)19)14-9-12-5-3-4-6-13(12)20-14/h3-6,9,11H,7-8,10H2,1-2H3,(H,18,19). The Bertz CT molecular complexity index is 618. The zero-order valence-corrected chi connectivity index (χ0v) is 12.6. The van der Waals surface area contributed by atoms with E-state index in [0.717, 1.165) is 13.0 Å². The molecular weight excluding hydrogens is 270 g/mol. The summed E-state index contributed by atoms with van der Waals surface area (Å²) in [6.45, 7) is 5.53. The van der Waals surface area contributed by atoms with E-state index in [0.29, 0.717) is 6.54 Å². The fourth-order valence-corrected chi connectivity index (χ4v) is 4.04. The van der Waals surface area contributed by atoms with Gasteiger partial charge in [-0.15, -0.1) is 11.3 Å². The van der Waals surface area contributed by atoms with E-state index in [1.807, 2.05) is 18.3 Å². The van der Waals surface area contributed by atoms with Crippen LogP contribution in [0.2, 0.25) is 0 Å². The summed E-state index contributed by atoms with van der Waals surface area (Å²) in [6, 6.07) is 10.9. The number of thiophene rings is 1. The Balaban J connectivity index is 1.83. The maximum Gasteiger partial charge on any atom is 0.310 e. The molecule has 4 heteroatoms. The van der Waals surface area contributed by atoms with Crippen molar-refractivity contribution >= 4 is 27.4 Å². The molecular formula is C16H19NO2S. The second kappa shape index (κ2) is 4.86. The van der Waals surface area contributed by atoms with Gasteiger partial charge in [0.2, 0.25) is 0 Å². The van der Waals surface area contributed by atoms with Crippen LogP contribution >= 0.6 is 11.3 Å². The number of carboxylic acids is 1. The summed E-state index contributed by atoms with van der Waals surface area (Å²) >= 11 is 1.81. The number of benzene rings is 1. The van der Waals surface area contributed by atoms with E-state index in [4.69, 9.17) is 0 Å². The number of carboxylic acid groups (broad SMARTS) is 1. The van der Waals surface area contributed by atoms with E-state index in [1.165, 1.54) is 15.0 Å². The molecule has 0 aliphatic carbocycles. The van der Waals surface area contributed by atoms with Gasteiger partial charge in [-0.05, 0) is 44.3 Å². The third-order valence-electron chi connectivity index (χ3n) is 4.42. The third-order valence-corrected chi connectivity index (χ3v) is 5.71. The van der Waals surface area contributed by atoms with E-state index in [-0.39, 0.29) is 6.04 Å². The zero-order valence-electron chi connectivity index (χ0n) is 11.8. The molecule has 0 bridgehead atoms. The summed E-state index contributed by atoms with van der Waals surface area (Å²) in [4.78, 5) is 15.0. The zero-order chi connectivity index (χ0) is 14.3. The Labute approximate surface area is 122 Å². The molecule has 1 aliphatic heterocycles. The van der Waals surface area contributed by atoms with Crippen molar-refractivity contribution in [1.29, 1.82) is 0 Å². The van der Waals surface area contributed by atoms with E-state index in [2.05, 4.69) is 42.2 Å². The normalized spacial score (nSPS) is 25.1. The van der Waals surface area contributed by atoms with Gasteiger partial charge >= 0.3 is 5.97 Å². The summed E-state index contributed by atoms with van der Waals surface area (Å²) in [5.41, 5.74) is -0.592. The number of nitrogens with zero attached hydrogens (tertiary/aromatic N) is 1. The topological polar surface area (TPSA) is 40.5 Å². The molecule has 106 valence electrons. The molecule has 3 rings (SSSR count). The van der Waals surface area contributed by atoms with E-state index in [1.54, 1.807) is 0 Å². The van der Waals surface area contributed by atoms with Crippen LogP contribution in [0.15, 0.2) is 30.3 Å². The van der Waals surface area contributed by atoms with Crippen molar-refractivity contribution in [3.8, 4) is 0 Å². The van der Waals surface area contributed by atoms with Gasteiger partial charge in [0.05, 0.1) is 5.41 Å². The molecule has 20 heavy (non-hydrogen) atoms. The highest BCUT2D eigenvalue weighted by molar-refractivity contribution is 7.19. The smallest absolute Gasteiger partial charge is 0.310 e. The first-order valence-electron chi connectivity index (χ1n) is 6.95. The Morgan fingerprint density at radius 1 is 1.45 bits per heavy atom. The lowest BCUT2D eigenvalue weighted by molar-refractivity contribution is -0.147. The quantitative estimate of drug-likeness (QED) is 0.935. The van der Waals surface area contributed by atoms with Gasteiger partial charge in [-0.1, -0.05) is 18.2 Å². The van der Waals surface area contributed by atoms with Crippen LogP contribution in [0, 0.1) is 5.41 Å². The summed E-state index contributed by atoms with van der Waals surface area (Å²) in [5.74, 6) is -0.677. The van der Waals surface area contributed by atoms with E-state index in [9.17, 15) is 9.90 Å². The predicted molar refractivity (Wildman–Crippen MR) is 82.2 cm³/mol. The first kappa shape index (κ1) is 13.6. The average Bonchev–Trinajstić information content (AvgIpc) is 3.02. The molecule has 1 aromatic heterocycles. The van der Waals surface area contributed by atoms with Crippen molar-refractivity contribution in [3.63, 3.8) is 0 Å². The molecule has 3 nitrogen and oxygen atoms in total.